The van der Waals surface area contributed by atoms with Crippen molar-refractivity contribution in [2.75, 3.05) is 31.1 Å². The van der Waals surface area contributed by atoms with E-state index in [0.717, 1.165) is 21.9 Å². The minimum Gasteiger partial charge on any atom is -0.506 e. The molecule has 0 unspecified atom stereocenters. The van der Waals surface area contributed by atoms with Crippen LogP contribution in [0.1, 0.15) is 21.5 Å². The van der Waals surface area contributed by atoms with Crippen LogP contribution in [0.4, 0.5) is 10.1 Å². The summed E-state index contributed by atoms with van der Waals surface area (Å²) in [5, 5.41) is 15.5. The zero-order chi connectivity index (χ0) is 27.4. The average molecular weight is 545 g/mol. The number of hydrazone groups is 1. The Morgan fingerprint density at radius 2 is 1.67 bits per heavy atom. The molecule has 0 atom stereocenters. The molecule has 1 saturated heterocycles. The van der Waals surface area contributed by atoms with Crippen LogP contribution >= 0.6 is 11.6 Å². The highest BCUT2D eigenvalue weighted by Crippen LogP contribution is 2.25. The summed E-state index contributed by atoms with van der Waals surface area (Å²) in [5.41, 5.74) is 4.98. The van der Waals surface area contributed by atoms with Crippen LogP contribution in [0.15, 0.2) is 84.0 Å². The molecule has 0 aromatic heterocycles. The molecule has 4 aromatic carbocycles. The predicted molar refractivity (Wildman–Crippen MR) is 151 cm³/mol. The number of hydrogen-bond acceptors (Lipinski definition) is 5. The molecule has 2 N–H and O–H groups in total. The molecule has 0 saturated carbocycles. The first kappa shape index (κ1) is 26.2. The Morgan fingerprint density at radius 3 is 2.41 bits per heavy atom. The van der Waals surface area contributed by atoms with Crippen LogP contribution in [-0.4, -0.2) is 54.2 Å². The van der Waals surface area contributed by atoms with Gasteiger partial charge in [-0.05, 0) is 46.7 Å². The van der Waals surface area contributed by atoms with Crippen LogP contribution in [0.5, 0.6) is 5.75 Å². The molecular formula is C30H26ClFN4O3. The van der Waals surface area contributed by atoms with Crippen molar-refractivity contribution in [1.82, 2.24) is 10.3 Å². The third kappa shape index (κ3) is 5.86. The number of rotatable bonds is 6. The largest absolute Gasteiger partial charge is 0.506 e. The maximum Gasteiger partial charge on any atom is 0.271 e. The third-order valence-electron chi connectivity index (χ3n) is 6.79. The molecule has 1 heterocycles. The van der Waals surface area contributed by atoms with E-state index >= 15 is 0 Å². The van der Waals surface area contributed by atoms with Crippen LogP contribution in [0.25, 0.3) is 10.8 Å². The van der Waals surface area contributed by atoms with Crippen LogP contribution in [0, 0.1) is 5.82 Å². The smallest absolute Gasteiger partial charge is 0.271 e. The Labute approximate surface area is 230 Å². The fourth-order valence-electron chi connectivity index (χ4n) is 4.70. The summed E-state index contributed by atoms with van der Waals surface area (Å²) in [6.07, 6.45) is 1.80. The number of aromatic hydroxyl groups is 1. The summed E-state index contributed by atoms with van der Waals surface area (Å²) in [7, 11) is 0. The number of para-hydroxylation sites is 1. The first-order chi connectivity index (χ1) is 18.9. The van der Waals surface area contributed by atoms with Gasteiger partial charge in [0.1, 0.15) is 11.6 Å². The number of fused-ring (bicyclic) bond motifs is 1. The molecule has 0 spiro atoms. The Balaban J connectivity index is 1.25. The fraction of sp³-hybridized carbons (Fsp3) is 0.167. The molecule has 1 fully saturated rings. The average Bonchev–Trinajstić information content (AvgIpc) is 2.96. The Hall–Kier alpha value is -4.43. The lowest BCUT2D eigenvalue weighted by Crippen LogP contribution is -2.49. The van der Waals surface area contributed by atoms with Gasteiger partial charge in [-0.25, -0.2) is 9.82 Å². The Bertz CT molecular complexity index is 1570. The molecular weight excluding hydrogens is 519 g/mol. The van der Waals surface area contributed by atoms with E-state index in [4.69, 9.17) is 11.6 Å². The second kappa shape index (κ2) is 11.5. The number of phenols is 1. The van der Waals surface area contributed by atoms with Gasteiger partial charge in [0.15, 0.2) is 0 Å². The van der Waals surface area contributed by atoms with Gasteiger partial charge in [-0.2, -0.15) is 5.10 Å². The maximum atomic E-state index is 14.2. The highest BCUT2D eigenvalue weighted by atomic mass is 35.5. The lowest BCUT2D eigenvalue weighted by Gasteiger charge is -2.36. The van der Waals surface area contributed by atoms with E-state index in [9.17, 15) is 19.1 Å². The zero-order valence-corrected chi connectivity index (χ0v) is 21.7. The molecule has 0 aliphatic carbocycles. The van der Waals surface area contributed by atoms with E-state index in [2.05, 4.69) is 10.5 Å². The number of amides is 2. The number of piperazine rings is 1. The number of carbonyl (C=O) groups is 2. The molecule has 0 bridgehead atoms. The SMILES string of the molecule is O=C(N/N=C/c1ccc(CC(=O)N2CCN(c3ccccc3F)CC2)c2ccccc12)c1ccc(O)c(Cl)c1. The summed E-state index contributed by atoms with van der Waals surface area (Å²) in [4.78, 5) is 29.3. The molecule has 198 valence electrons. The minimum absolute atomic E-state index is 0.0228. The van der Waals surface area contributed by atoms with E-state index < -0.39 is 5.91 Å². The van der Waals surface area contributed by atoms with E-state index in [1.165, 1.54) is 24.3 Å². The summed E-state index contributed by atoms with van der Waals surface area (Å²) in [5.74, 6) is -0.798. The molecule has 0 radical (unpaired) electrons. The molecule has 1 aliphatic rings. The van der Waals surface area contributed by atoms with Crippen molar-refractivity contribution < 1.29 is 19.1 Å². The van der Waals surface area contributed by atoms with Gasteiger partial charge in [-0.3, -0.25) is 9.59 Å². The van der Waals surface area contributed by atoms with Gasteiger partial charge < -0.3 is 14.9 Å². The van der Waals surface area contributed by atoms with Gasteiger partial charge in [-0.15, -0.1) is 0 Å². The topological polar surface area (TPSA) is 85.2 Å². The van der Waals surface area contributed by atoms with E-state index in [-0.39, 0.29) is 34.5 Å². The van der Waals surface area contributed by atoms with Crippen LogP contribution in [0.3, 0.4) is 0 Å². The van der Waals surface area contributed by atoms with E-state index in [1.807, 2.05) is 52.3 Å². The summed E-state index contributed by atoms with van der Waals surface area (Å²) in [6.45, 7) is 2.21. The number of phenolic OH excluding ortho intramolecular Hbond substituents is 1. The number of hydrogen-bond donors (Lipinski definition) is 2. The number of carbonyl (C=O) groups excluding carboxylic acids is 2. The highest BCUT2D eigenvalue weighted by Gasteiger charge is 2.23. The monoisotopic (exact) mass is 544 g/mol. The number of nitrogens with one attached hydrogen (secondary N) is 1. The van der Waals surface area contributed by atoms with E-state index in [0.29, 0.717) is 31.9 Å². The number of halogens is 2. The zero-order valence-electron chi connectivity index (χ0n) is 21.0. The second-order valence-corrected chi connectivity index (χ2v) is 9.63. The fourth-order valence-corrected chi connectivity index (χ4v) is 4.88. The lowest BCUT2D eigenvalue weighted by atomic mass is 9.97. The lowest BCUT2D eigenvalue weighted by molar-refractivity contribution is -0.130. The molecule has 1 aliphatic heterocycles. The number of anilines is 1. The van der Waals surface area contributed by atoms with Crippen LogP contribution in [0.2, 0.25) is 5.02 Å². The van der Waals surface area contributed by atoms with Crippen molar-refractivity contribution in [1.29, 1.82) is 0 Å². The Morgan fingerprint density at radius 1 is 0.949 bits per heavy atom. The summed E-state index contributed by atoms with van der Waals surface area (Å²) in [6, 6.07) is 22.4. The van der Waals surface area contributed by atoms with Crippen molar-refractivity contribution >= 4 is 46.1 Å². The van der Waals surface area contributed by atoms with Gasteiger partial charge in [0.05, 0.1) is 23.3 Å². The summed E-state index contributed by atoms with van der Waals surface area (Å²) < 4.78 is 14.2. The molecule has 2 amide bonds. The van der Waals surface area contributed by atoms with Gasteiger partial charge >= 0.3 is 0 Å². The highest BCUT2D eigenvalue weighted by molar-refractivity contribution is 6.32. The maximum absolute atomic E-state index is 14.2. The first-order valence-electron chi connectivity index (χ1n) is 12.5. The number of nitrogens with zero attached hydrogens (tertiary/aromatic N) is 3. The third-order valence-corrected chi connectivity index (χ3v) is 7.10. The predicted octanol–water partition coefficient (Wildman–Crippen LogP) is 4.99. The van der Waals surface area contributed by atoms with Crippen molar-refractivity contribution in [3.8, 4) is 5.75 Å². The molecule has 7 nitrogen and oxygen atoms in total. The van der Waals surface area contributed by atoms with E-state index in [1.54, 1.807) is 18.3 Å². The Kier molecular flexibility index (Phi) is 7.74. The molecule has 4 aromatic rings. The van der Waals surface area contributed by atoms with Crippen molar-refractivity contribution in [3.63, 3.8) is 0 Å². The van der Waals surface area contributed by atoms with Gasteiger partial charge in [-0.1, -0.05) is 60.1 Å². The quantitative estimate of drug-likeness (QED) is 0.264. The molecule has 39 heavy (non-hydrogen) atoms. The van der Waals surface area contributed by atoms with Crippen molar-refractivity contribution in [2.24, 2.45) is 5.10 Å². The minimum atomic E-state index is -0.463. The van der Waals surface area contributed by atoms with Crippen LogP contribution < -0.4 is 10.3 Å². The van der Waals surface area contributed by atoms with Crippen LogP contribution in [-0.2, 0) is 11.2 Å². The van der Waals surface area contributed by atoms with Gasteiger partial charge in [0.25, 0.3) is 5.91 Å². The molecule has 5 rings (SSSR count). The number of benzene rings is 4. The van der Waals surface area contributed by atoms with Crippen molar-refractivity contribution in [3.05, 3.63) is 106 Å². The van der Waals surface area contributed by atoms with Gasteiger partial charge in [0.2, 0.25) is 5.91 Å². The van der Waals surface area contributed by atoms with Crippen molar-refractivity contribution in [2.45, 2.75) is 6.42 Å². The summed E-state index contributed by atoms with van der Waals surface area (Å²) >= 11 is 5.88. The molecule has 9 heteroatoms. The normalized spacial score (nSPS) is 13.7. The van der Waals surface area contributed by atoms with Gasteiger partial charge in [0, 0.05) is 37.3 Å². The first-order valence-corrected chi connectivity index (χ1v) is 12.9. The standard InChI is InChI=1S/C30H26ClFN4O3/c31-25-17-21(11-12-28(25)37)30(39)34-33-19-22-10-9-20(23-5-1-2-6-24(22)23)18-29(38)36-15-13-35(14-16-36)27-8-4-3-7-26(27)32/h1-12,17,19,37H,13-16,18H2,(H,34,39)/b33-19+. The second-order valence-electron chi connectivity index (χ2n) is 9.22.